The summed E-state index contributed by atoms with van der Waals surface area (Å²) >= 11 is 0. The van der Waals surface area contributed by atoms with Gasteiger partial charge in [-0.05, 0) is 73.8 Å². The lowest BCUT2D eigenvalue weighted by Crippen LogP contribution is -2.21. The predicted molar refractivity (Wildman–Crippen MR) is 220 cm³/mol. The molecule has 52 heavy (non-hydrogen) atoms. The first-order valence-electron chi connectivity index (χ1n) is 18.1. The fourth-order valence-electron chi connectivity index (χ4n) is 8.36. The molecule has 0 radical (unpaired) electrons. The van der Waals surface area contributed by atoms with Crippen molar-refractivity contribution in [2.75, 3.05) is 4.90 Å². The molecule has 0 heterocycles. The van der Waals surface area contributed by atoms with E-state index in [9.17, 15) is 0 Å². The second-order valence-electron chi connectivity index (χ2n) is 14.1. The highest BCUT2D eigenvalue weighted by Gasteiger charge is 2.39. The van der Waals surface area contributed by atoms with Gasteiger partial charge in [-0.2, -0.15) is 0 Å². The van der Waals surface area contributed by atoms with Crippen LogP contribution in [0.2, 0.25) is 0 Å². The molecule has 1 nitrogen and oxygen atoms in total. The molecule has 0 atom stereocenters. The maximum atomic E-state index is 2.55. The lowest BCUT2D eigenvalue weighted by molar-refractivity contribution is 0.661. The summed E-state index contributed by atoms with van der Waals surface area (Å²) in [5.74, 6) is 0. The van der Waals surface area contributed by atoms with E-state index in [1.54, 1.807) is 0 Å². The van der Waals surface area contributed by atoms with E-state index < -0.39 is 0 Å². The van der Waals surface area contributed by atoms with Gasteiger partial charge in [0.1, 0.15) is 0 Å². The first kappa shape index (κ1) is 31.5. The summed E-state index contributed by atoms with van der Waals surface area (Å²) in [6.07, 6.45) is 0. The summed E-state index contributed by atoms with van der Waals surface area (Å²) in [7, 11) is 0. The molecule has 8 aromatic rings. The van der Waals surface area contributed by atoms with Crippen LogP contribution in [0.3, 0.4) is 0 Å². The SMILES string of the molecule is CC1(C)c2ccccc2-c2cccc(N(c3ccccc3-c3ccccc3)c3cccc(-c4ccccc4)c3-c3ccccc3-c3ccccc3)c21. The number of para-hydroxylation sites is 1. The molecule has 0 N–H and O–H groups in total. The van der Waals surface area contributed by atoms with Crippen molar-refractivity contribution in [1.82, 2.24) is 0 Å². The molecule has 0 amide bonds. The van der Waals surface area contributed by atoms with Crippen molar-refractivity contribution in [3.05, 3.63) is 211 Å². The van der Waals surface area contributed by atoms with Crippen molar-refractivity contribution in [2.45, 2.75) is 19.3 Å². The van der Waals surface area contributed by atoms with Crippen LogP contribution < -0.4 is 4.90 Å². The van der Waals surface area contributed by atoms with E-state index >= 15 is 0 Å². The Kier molecular flexibility index (Phi) is 7.90. The first-order chi connectivity index (χ1) is 25.6. The van der Waals surface area contributed by atoms with Gasteiger partial charge in [-0.3, -0.25) is 0 Å². The fourth-order valence-corrected chi connectivity index (χ4v) is 8.36. The maximum absolute atomic E-state index is 2.55. The van der Waals surface area contributed by atoms with Crippen LogP contribution in [-0.2, 0) is 5.41 Å². The molecule has 8 aromatic carbocycles. The number of fused-ring (bicyclic) bond motifs is 3. The van der Waals surface area contributed by atoms with Crippen LogP contribution in [-0.4, -0.2) is 0 Å². The molecular weight excluding hydrogens is 627 g/mol. The Labute approximate surface area is 307 Å². The average Bonchev–Trinajstić information content (AvgIpc) is 3.45. The summed E-state index contributed by atoms with van der Waals surface area (Å²) in [5, 5.41) is 0. The first-order valence-corrected chi connectivity index (χ1v) is 18.1. The molecule has 1 heteroatoms. The van der Waals surface area contributed by atoms with Crippen LogP contribution in [0.15, 0.2) is 200 Å². The highest BCUT2D eigenvalue weighted by atomic mass is 15.2. The van der Waals surface area contributed by atoms with Gasteiger partial charge < -0.3 is 4.90 Å². The second-order valence-corrected chi connectivity index (χ2v) is 14.1. The van der Waals surface area contributed by atoms with Crippen LogP contribution >= 0.6 is 0 Å². The standard InChI is InChI=1S/C51H39N/c1-51(2)45-32-16-14-28-42(45)44-31-19-35-48(50(44)51)52(46-33-17-15-27-40(46)37-22-8-4-9-23-37)47-34-18-30-41(38-24-10-5-11-25-38)49(47)43-29-13-12-26-39(43)36-20-6-3-7-21-36/h3-35H,1-2H3. The Bertz CT molecular complexity index is 2530. The molecule has 248 valence electrons. The van der Waals surface area contributed by atoms with Crippen molar-refractivity contribution in [1.29, 1.82) is 0 Å². The normalized spacial score (nSPS) is 12.6. The summed E-state index contributed by atoms with van der Waals surface area (Å²) in [6.45, 7) is 4.77. The number of nitrogens with zero attached hydrogens (tertiary/aromatic N) is 1. The van der Waals surface area contributed by atoms with Gasteiger partial charge in [0.15, 0.2) is 0 Å². The van der Waals surface area contributed by atoms with Crippen LogP contribution in [0.4, 0.5) is 17.1 Å². The third kappa shape index (κ3) is 5.25. The molecule has 0 saturated heterocycles. The molecule has 9 rings (SSSR count). The Hall–Kier alpha value is -6.44. The van der Waals surface area contributed by atoms with Gasteiger partial charge in [0.2, 0.25) is 0 Å². The van der Waals surface area contributed by atoms with Gasteiger partial charge in [-0.15, -0.1) is 0 Å². The molecular formula is C51H39N. The largest absolute Gasteiger partial charge is 0.309 e. The topological polar surface area (TPSA) is 3.24 Å². The highest BCUT2D eigenvalue weighted by Crippen LogP contribution is 2.56. The molecule has 0 spiro atoms. The number of anilines is 3. The molecule has 0 bridgehead atoms. The Morgan fingerprint density at radius 1 is 0.308 bits per heavy atom. The predicted octanol–water partition coefficient (Wildman–Crippen LogP) is 14.1. The van der Waals surface area contributed by atoms with Crippen molar-refractivity contribution in [3.8, 4) is 55.6 Å². The molecule has 0 unspecified atom stereocenters. The third-order valence-corrected chi connectivity index (χ3v) is 10.7. The Morgan fingerprint density at radius 3 is 1.38 bits per heavy atom. The summed E-state index contributed by atoms with van der Waals surface area (Å²) < 4.78 is 0. The zero-order valence-electron chi connectivity index (χ0n) is 29.5. The van der Waals surface area contributed by atoms with E-state index in [2.05, 4.69) is 219 Å². The Balaban J connectivity index is 1.42. The lowest BCUT2D eigenvalue weighted by Gasteiger charge is -2.35. The Morgan fingerprint density at radius 2 is 0.731 bits per heavy atom. The minimum atomic E-state index is -0.221. The van der Waals surface area contributed by atoms with Gasteiger partial charge in [0.05, 0.1) is 17.1 Å². The zero-order valence-corrected chi connectivity index (χ0v) is 29.5. The van der Waals surface area contributed by atoms with Gasteiger partial charge in [-0.1, -0.05) is 196 Å². The summed E-state index contributed by atoms with van der Waals surface area (Å²) in [5.41, 5.74) is 18.1. The van der Waals surface area contributed by atoms with E-state index in [1.807, 2.05) is 0 Å². The number of benzene rings is 8. The monoisotopic (exact) mass is 665 g/mol. The molecule has 0 aromatic heterocycles. The van der Waals surface area contributed by atoms with Crippen molar-refractivity contribution in [2.24, 2.45) is 0 Å². The van der Waals surface area contributed by atoms with E-state index in [-0.39, 0.29) is 5.41 Å². The molecule has 0 saturated carbocycles. The van der Waals surface area contributed by atoms with Crippen molar-refractivity contribution >= 4 is 17.1 Å². The fraction of sp³-hybridized carbons (Fsp3) is 0.0588. The number of hydrogen-bond donors (Lipinski definition) is 0. The van der Waals surface area contributed by atoms with Gasteiger partial charge in [-0.25, -0.2) is 0 Å². The van der Waals surface area contributed by atoms with Crippen LogP contribution in [0.25, 0.3) is 55.6 Å². The molecule has 1 aliphatic rings. The molecule has 0 aliphatic heterocycles. The van der Waals surface area contributed by atoms with E-state index in [1.165, 1.54) is 72.4 Å². The third-order valence-electron chi connectivity index (χ3n) is 10.7. The van der Waals surface area contributed by atoms with Gasteiger partial charge in [0.25, 0.3) is 0 Å². The lowest BCUT2D eigenvalue weighted by atomic mass is 9.81. The smallest absolute Gasteiger partial charge is 0.0546 e. The second kappa shape index (κ2) is 13.0. The zero-order chi connectivity index (χ0) is 35.1. The van der Waals surface area contributed by atoms with Crippen LogP contribution in [0.5, 0.6) is 0 Å². The van der Waals surface area contributed by atoms with Crippen molar-refractivity contribution < 1.29 is 0 Å². The van der Waals surface area contributed by atoms with Crippen molar-refractivity contribution in [3.63, 3.8) is 0 Å². The van der Waals surface area contributed by atoms with Gasteiger partial charge in [0, 0.05) is 16.5 Å². The molecule has 0 fully saturated rings. The highest BCUT2D eigenvalue weighted by molar-refractivity contribution is 6.04. The van der Waals surface area contributed by atoms with E-state index in [0.29, 0.717) is 0 Å². The average molecular weight is 666 g/mol. The minimum Gasteiger partial charge on any atom is -0.309 e. The summed E-state index contributed by atoms with van der Waals surface area (Å²) in [4.78, 5) is 2.55. The maximum Gasteiger partial charge on any atom is 0.0546 e. The number of hydrogen-bond acceptors (Lipinski definition) is 1. The van der Waals surface area contributed by atoms with E-state index in [0.717, 1.165) is 11.4 Å². The summed E-state index contributed by atoms with van der Waals surface area (Å²) in [6, 6.07) is 72.8. The van der Waals surface area contributed by atoms with Gasteiger partial charge >= 0.3 is 0 Å². The molecule has 1 aliphatic carbocycles. The quantitative estimate of drug-likeness (QED) is 0.164. The van der Waals surface area contributed by atoms with Crippen LogP contribution in [0.1, 0.15) is 25.0 Å². The van der Waals surface area contributed by atoms with E-state index in [4.69, 9.17) is 0 Å². The number of rotatable bonds is 7. The van der Waals surface area contributed by atoms with Crippen LogP contribution in [0, 0.1) is 0 Å². The minimum absolute atomic E-state index is 0.221.